The van der Waals surface area contributed by atoms with Crippen molar-refractivity contribution in [3.05, 3.63) is 35.4 Å². The second-order valence-corrected chi connectivity index (χ2v) is 5.06. The molecule has 0 aromatic heterocycles. The van der Waals surface area contributed by atoms with E-state index in [1.54, 1.807) is 6.92 Å². The highest BCUT2D eigenvalue weighted by atomic mass is 16.1. The van der Waals surface area contributed by atoms with Crippen LogP contribution in [0.25, 0.3) is 0 Å². The number of hydrogen-bond acceptors (Lipinski definition) is 3. The zero-order valence-corrected chi connectivity index (χ0v) is 11.2. The van der Waals surface area contributed by atoms with E-state index < -0.39 is 0 Å². The molecule has 1 heterocycles. The van der Waals surface area contributed by atoms with E-state index in [2.05, 4.69) is 16.3 Å². The van der Waals surface area contributed by atoms with Crippen LogP contribution in [0.1, 0.15) is 30.9 Å². The SMILES string of the molecule is CC(=O)NC1CCN(Cc2ccc(C#N)cc2)CC1. The van der Waals surface area contributed by atoms with Crippen molar-refractivity contribution in [1.29, 1.82) is 5.26 Å². The minimum atomic E-state index is 0.0607. The smallest absolute Gasteiger partial charge is 0.217 e. The molecular formula is C15H19N3O. The molecule has 100 valence electrons. The van der Waals surface area contributed by atoms with Crippen LogP contribution in [0.4, 0.5) is 0 Å². The second kappa shape index (κ2) is 6.35. The lowest BCUT2D eigenvalue weighted by atomic mass is 10.0. The highest BCUT2D eigenvalue weighted by Crippen LogP contribution is 2.14. The largest absolute Gasteiger partial charge is 0.354 e. The first-order valence-corrected chi connectivity index (χ1v) is 6.66. The van der Waals surface area contributed by atoms with E-state index in [0.717, 1.165) is 32.5 Å². The maximum absolute atomic E-state index is 11.0. The predicted molar refractivity (Wildman–Crippen MR) is 73.3 cm³/mol. The average molecular weight is 257 g/mol. The quantitative estimate of drug-likeness (QED) is 0.896. The lowest BCUT2D eigenvalue weighted by Crippen LogP contribution is -2.43. The zero-order chi connectivity index (χ0) is 13.7. The number of benzene rings is 1. The van der Waals surface area contributed by atoms with Crippen molar-refractivity contribution in [2.24, 2.45) is 0 Å². The van der Waals surface area contributed by atoms with E-state index in [1.165, 1.54) is 5.56 Å². The van der Waals surface area contributed by atoms with Gasteiger partial charge in [0.05, 0.1) is 11.6 Å². The van der Waals surface area contributed by atoms with E-state index >= 15 is 0 Å². The van der Waals surface area contributed by atoms with Crippen LogP contribution in [0.2, 0.25) is 0 Å². The molecule has 0 saturated carbocycles. The molecule has 1 fully saturated rings. The standard InChI is InChI=1S/C15H19N3O/c1-12(19)17-15-6-8-18(9-7-15)11-14-4-2-13(10-16)3-5-14/h2-5,15H,6-9,11H2,1H3,(H,17,19). The molecule has 1 aliphatic rings. The zero-order valence-electron chi connectivity index (χ0n) is 11.2. The summed E-state index contributed by atoms with van der Waals surface area (Å²) >= 11 is 0. The van der Waals surface area contributed by atoms with Crippen LogP contribution >= 0.6 is 0 Å². The highest BCUT2D eigenvalue weighted by molar-refractivity contribution is 5.73. The van der Waals surface area contributed by atoms with Crippen molar-refractivity contribution in [3.63, 3.8) is 0 Å². The molecule has 19 heavy (non-hydrogen) atoms. The maximum Gasteiger partial charge on any atom is 0.217 e. The molecule has 0 radical (unpaired) electrons. The topological polar surface area (TPSA) is 56.1 Å². The molecule has 4 nitrogen and oxygen atoms in total. The van der Waals surface area contributed by atoms with Gasteiger partial charge in [-0.05, 0) is 30.5 Å². The summed E-state index contributed by atoms with van der Waals surface area (Å²) in [5.41, 5.74) is 1.94. The van der Waals surface area contributed by atoms with Crippen molar-refractivity contribution in [3.8, 4) is 6.07 Å². The number of rotatable bonds is 3. The minimum absolute atomic E-state index is 0.0607. The molecule has 0 unspecified atom stereocenters. The fourth-order valence-electron chi connectivity index (χ4n) is 2.47. The summed E-state index contributed by atoms with van der Waals surface area (Å²) in [6, 6.07) is 10.2. The molecule has 0 bridgehead atoms. The Hall–Kier alpha value is -1.86. The molecule has 4 heteroatoms. The van der Waals surface area contributed by atoms with E-state index in [1.807, 2.05) is 24.3 Å². The lowest BCUT2D eigenvalue weighted by Gasteiger charge is -2.32. The summed E-state index contributed by atoms with van der Waals surface area (Å²) in [5.74, 6) is 0.0607. The van der Waals surface area contributed by atoms with Crippen molar-refractivity contribution in [1.82, 2.24) is 10.2 Å². The van der Waals surface area contributed by atoms with Gasteiger partial charge in [0.1, 0.15) is 0 Å². The van der Waals surface area contributed by atoms with E-state index in [4.69, 9.17) is 5.26 Å². The van der Waals surface area contributed by atoms with Gasteiger partial charge in [-0.25, -0.2) is 0 Å². The first-order chi connectivity index (χ1) is 9.17. The van der Waals surface area contributed by atoms with E-state index in [-0.39, 0.29) is 5.91 Å². The molecule has 0 aliphatic carbocycles. The van der Waals surface area contributed by atoms with Gasteiger partial charge in [-0.2, -0.15) is 5.26 Å². The highest BCUT2D eigenvalue weighted by Gasteiger charge is 2.19. The molecule has 1 aromatic carbocycles. The van der Waals surface area contributed by atoms with E-state index in [0.29, 0.717) is 11.6 Å². The summed E-state index contributed by atoms with van der Waals surface area (Å²) in [6.45, 7) is 4.50. The number of nitrogens with one attached hydrogen (secondary N) is 1. The minimum Gasteiger partial charge on any atom is -0.354 e. The van der Waals surface area contributed by atoms with Crippen LogP contribution in [0.3, 0.4) is 0 Å². The van der Waals surface area contributed by atoms with Gasteiger partial charge in [0.25, 0.3) is 0 Å². The first-order valence-electron chi connectivity index (χ1n) is 6.66. The normalized spacial score (nSPS) is 16.8. The number of nitriles is 1. The number of piperidine rings is 1. The van der Waals surface area contributed by atoms with Gasteiger partial charge < -0.3 is 5.32 Å². The van der Waals surface area contributed by atoms with Gasteiger partial charge in [0.2, 0.25) is 5.91 Å². The third-order valence-electron chi connectivity index (χ3n) is 3.48. The van der Waals surface area contributed by atoms with Crippen molar-refractivity contribution in [2.45, 2.75) is 32.4 Å². The van der Waals surface area contributed by atoms with Gasteiger partial charge in [-0.1, -0.05) is 12.1 Å². The summed E-state index contributed by atoms with van der Waals surface area (Å²) in [6.07, 6.45) is 2.02. The van der Waals surface area contributed by atoms with Gasteiger partial charge in [-0.3, -0.25) is 9.69 Å². The Labute approximate surface area is 114 Å². The Balaban J connectivity index is 1.82. The predicted octanol–water partition coefficient (Wildman–Crippen LogP) is 1.66. The molecule has 1 N–H and O–H groups in total. The van der Waals surface area contributed by atoms with Crippen LogP contribution in [0.5, 0.6) is 0 Å². The number of hydrogen-bond donors (Lipinski definition) is 1. The third-order valence-corrected chi connectivity index (χ3v) is 3.48. The number of likely N-dealkylation sites (tertiary alicyclic amines) is 1. The van der Waals surface area contributed by atoms with Crippen LogP contribution in [0, 0.1) is 11.3 Å². The Kier molecular flexibility index (Phi) is 4.53. The van der Waals surface area contributed by atoms with Crippen LogP contribution < -0.4 is 5.32 Å². The summed E-state index contributed by atoms with van der Waals surface area (Å²) in [4.78, 5) is 13.4. The summed E-state index contributed by atoms with van der Waals surface area (Å²) < 4.78 is 0. The average Bonchev–Trinajstić information content (AvgIpc) is 2.41. The first kappa shape index (κ1) is 13.6. The number of amides is 1. The Morgan fingerprint density at radius 2 is 2.00 bits per heavy atom. The monoisotopic (exact) mass is 257 g/mol. The molecule has 0 atom stereocenters. The second-order valence-electron chi connectivity index (χ2n) is 5.06. The summed E-state index contributed by atoms with van der Waals surface area (Å²) in [7, 11) is 0. The number of carbonyl (C=O) groups excluding carboxylic acids is 1. The molecule has 1 aliphatic heterocycles. The third kappa shape index (κ3) is 4.08. The fourth-order valence-corrected chi connectivity index (χ4v) is 2.47. The van der Waals surface area contributed by atoms with E-state index in [9.17, 15) is 4.79 Å². The van der Waals surface area contributed by atoms with Crippen LogP contribution in [0.15, 0.2) is 24.3 Å². The molecule has 0 spiro atoms. The lowest BCUT2D eigenvalue weighted by molar-refractivity contribution is -0.119. The fraction of sp³-hybridized carbons (Fsp3) is 0.467. The number of carbonyl (C=O) groups is 1. The Morgan fingerprint density at radius 3 is 2.53 bits per heavy atom. The van der Waals surface area contributed by atoms with Crippen molar-refractivity contribution < 1.29 is 4.79 Å². The molecule has 1 saturated heterocycles. The van der Waals surface area contributed by atoms with Gasteiger partial charge >= 0.3 is 0 Å². The maximum atomic E-state index is 11.0. The molecule has 1 aromatic rings. The van der Waals surface area contributed by atoms with Gasteiger partial charge in [0, 0.05) is 32.6 Å². The summed E-state index contributed by atoms with van der Waals surface area (Å²) in [5, 5.41) is 11.7. The molecule has 2 rings (SSSR count). The van der Waals surface area contributed by atoms with Gasteiger partial charge in [-0.15, -0.1) is 0 Å². The van der Waals surface area contributed by atoms with Crippen LogP contribution in [-0.4, -0.2) is 29.9 Å². The van der Waals surface area contributed by atoms with Crippen molar-refractivity contribution in [2.75, 3.05) is 13.1 Å². The molecular weight excluding hydrogens is 238 g/mol. The number of nitrogens with zero attached hydrogens (tertiary/aromatic N) is 2. The van der Waals surface area contributed by atoms with Gasteiger partial charge in [0.15, 0.2) is 0 Å². The Bertz CT molecular complexity index is 467. The van der Waals surface area contributed by atoms with Crippen LogP contribution in [-0.2, 0) is 11.3 Å². The van der Waals surface area contributed by atoms with Crippen molar-refractivity contribution >= 4 is 5.91 Å². The Morgan fingerprint density at radius 1 is 1.37 bits per heavy atom. The molecule has 1 amide bonds.